The van der Waals surface area contributed by atoms with Crippen molar-refractivity contribution in [2.24, 2.45) is 0 Å². The summed E-state index contributed by atoms with van der Waals surface area (Å²) in [5.74, 6) is 9.55. The fraction of sp³-hybridized carbons (Fsp3) is 0.467. The number of ether oxygens (including phenoxy) is 1. The van der Waals surface area contributed by atoms with Crippen LogP contribution in [0.1, 0.15) is 114 Å². The summed E-state index contributed by atoms with van der Waals surface area (Å²) < 4.78 is 70.1. The molecule has 0 amide bonds. The molecular weight excluding hydrogens is 722 g/mol. The van der Waals surface area contributed by atoms with Crippen LogP contribution in [-0.4, -0.2) is 56.2 Å². The smallest absolute Gasteiger partial charge is 0.392 e. The van der Waals surface area contributed by atoms with E-state index in [9.17, 15) is 13.2 Å². The fourth-order valence-corrected chi connectivity index (χ4v) is 4.23. The molecule has 3 aliphatic rings. The SMILES string of the molecule is C.C.C#Cc1ccc(F)cc1.C1CCOC1.CC(C)OB1OC(C)(C)C(C)(C)O1.CC1(C)OB(C#Cc2ccc(F)cc2)OC1(C)C.[C-]#Cc1ccc(F)cc1.[Li+]. The average Bonchev–Trinajstić information content (AvgIpc) is 3.80. The maximum absolute atomic E-state index is 12.7. The summed E-state index contributed by atoms with van der Waals surface area (Å²) >= 11 is 0. The van der Waals surface area contributed by atoms with Gasteiger partial charge in [-0.15, -0.1) is 24.1 Å². The Labute approximate surface area is 355 Å². The van der Waals surface area contributed by atoms with Crippen molar-refractivity contribution in [2.75, 3.05) is 13.2 Å². The van der Waals surface area contributed by atoms with Gasteiger partial charge in [-0.25, -0.2) is 13.2 Å². The van der Waals surface area contributed by atoms with Crippen LogP contribution in [0.25, 0.3) is 0 Å². The third-order valence-corrected chi connectivity index (χ3v) is 8.87. The van der Waals surface area contributed by atoms with Crippen molar-refractivity contribution in [2.45, 2.75) is 125 Å². The van der Waals surface area contributed by atoms with Crippen LogP contribution in [0, 0.1) is 53.9 Å². The number of rotatable bonds is 2. The predicted octanol–water partition coefficient (Wildman–Crippen LogP) is 7.45. The van der Waals surface area contributed by atoms with Gasteiger partial charge in [-0.2, -0.15) is 0 Å². The molecule has 6 rings (SSSR count). The Morgan fingerprint density at radius 1 is 0.632 bits per heavy atom. The van der Waals surface area contributed by atoms with Crippen molar-refractivity contribution < 1.29 is 60.0 Å². The van der Waals surface area contributed by atoms with Crippen LogP contribution >= 0.6 is 0 Å². The molecule has 0 spiro atoms. The molecule has 0 radical (unpaired) electrons. The molecule has 3 saturated heterocycles. The van der Waals surface area contributed by atoms with E-state index in [1.807, 2.05) is 69.2 Å². The molecule has 0 aliphatic carbocycles. The van der Waals surface area contributed by atoms with Gasteiger partial charge in [0.1, 0.15) is 17.5 Å². The largest absolute Gasteiger partial charge is 1.00 e. The number of terminal acetylenes is 1. The first-order chi connectivity index (χ1) is 25.2. The molecule has 0 saturated carbocycles. The Kier molecular flexibility index (Phi) is 25.3. The van der Waals surface area contributed by atoms with E-state index >= 15 is 0 Å². The third kappa shape index (κ3) is 19.8. The van der Waals surface area contributed by atoms with Crippen LogP contribution in [0.3, 0.4) is 0 Å². The van der Waals surface area contributed by atoms with Gasteiger partial charge in [0.05, 0.1) is 22.4 Å². The molecule has 0 atom stereocenters. The first kappa shape index (κ1) is 55.7. The molecule has 3 aromatic rings. The maximum atomic E-state index is 12.7. The van der Waals surface area contributed by atoms with Crippen molar-refractivity contribution >= 4 is 14.4 Å². The first-order valence-electron chi connectivity index (χ1n) is 17.8. The topological polar surface area (TPSA) is 55.4 Å². The van der Waals surface area contributed by atoms with E-state index in [4.69, 9.17) is 40.9 Å². The molecule has 12 heteroatoms. The Balaban J connectivity index is 0. The van der Waals surface area contributed by atoms with Gasteiger partial charge in [-0.3, -0.25) is 5.92 Å². The number of halogens is 3. The molecule has 304 valence electrons. The van der Waals surface area contributed by atoms with Crippen LogP contribution in [-0.2, 0) is 28.0 Å². The summed E-state index contributed by atoms with van der Waals surface area (Å²) in [4.78, 5) is 0. The number of hydrogen-bond donors (Lipinski definition) is 0. The Morgan fingerprint density at radius 2 is 0.982 bits per heavy atom. The fourth-order valence-electron chi connectivity index (χ4n) is 4.23. The van der Waals surface area contributed by atoms with Gasteiger partial charge in [0, 0.05) is 30.4 Å². The van der Waals surface area contributed by atoms with Gasteiger partial charge in [0.25, 0.3) is 0 Å². The maximum Gasteiger partial charge on any atom is 1.00 e. The van der Waals surface area contributed by atoms with Gasteiger partial charge in [-0.05, 0) is 143 Å². The van der Waals surface area contributed by atoms with Crippen LogP contribution in [0.5, 0.6) is 0 Å². The molecule has 57 heavy (non-hydrogen) atoms. The molecule has 0 bridgehead atoms. The predicted molar refractivity (Wildman–Crippen MR) is 222 cm³/mol. The zero-order valence-corrected chi connectivity index (χ0v) is 34.1. The van der Waals surface area contributed by atoms with Gasteiger partial charge in [0.2, 0.25) is 0 Å². The van der Waals surface area contributed by atoms with E-state index in [0.717, 1.165) is 18.8 Å². The van der Waals surface area contributed by atoms with E-state index < -0.39 is 14.4 Å². The van der Waals surface area contributed by atoms with Crippen molar-refractivity contribution in [1.82, 2.24) is 0 Å². The zero-order chi connectivity index (χ0) is 40.6. The number of benzene rings is 3. The third-order valence-electron chi connectivity index (χ3n) is 8.87. The van der Waals surface area contributed by atoms with Gasteiger partial charge < -0.3 is 34.4 Å². The Bertz CT molecular complexity index is 1630. The molecule has 0 unspecified atom stereocenters. The minimum atomic E-state index is -0.542. The normalized spacial score (nSPS) is 17.1. The second-order valence-corrected chi connectivity index (χ2v) is 14.7. The molecule has 3 aromatic carbocycles. The zero-order valence-electron chi connectivity index (χ0n) is 34.1. The van der Waals surface area contributed by atoms with Crippen LogP contribution in [0.2, 0.25) is 0 Å². The molecule has 3 fully saturated rings. The average molecular weight is 783 g/mol. The first-order valence-corrected chi connectivity index (χ1v) is 17.8. The molecule has 0 aromatic heterocycles. The summed E-state index contributed by atoms with van der Waals surface area (Å²) in [5, 5.41) is 0. The molecule has 6 nitrogen and oxygen atoms in total. The van der Waals surface area contributed by atoms with E-state index in [1.165, 1.54) is 61.4 Å². The molecule has 3 heterocycles. The minimum absolute atomic E-state index is 0. The Hall–Kier alpha value is -3.38. The molecule has 3 aliphatic heterocycles. The van der Waals surface area contributed by atoms with Crippen LogP contribution in [0.4, 0.5) is 13.2 Å². The van der Waals surface area contributed by atoms with Crippen LogP contribution < -0.4 is 18.9 Å². The minimum Gasteiger partial charge on any atom is -0.392 e. The van der Waals surface area contributed by atoms with E-state index in [-0.39, 0.29) is 79.7 Å². The Morgan fingerprint density at radius 3 is 1.30 bits per heavy atom. The van der Waals surface area contributed by atoms with Crippen molar-refractivity contribution in [3.05, 3.63) is 113 Å². The van der Waals surface area contributed by atoms with Gasteiger partial charge >= 0.3 is 33.3 Å². The second-order valence-electron chi connectivity index (χ2n) is 14.7. The number of hydrogen-bond acceptors (Lipinski definition) is 6. The second kappa shape index (κ2) is 25.9. The summed E-state index contributed by atoms with van der Waals surface area (Å²) in [6.07, 6.45) is 14.3. The molecular formula is C45H60B2F3LiO6. The summed E-state index contributed by atoms with van der Waals surface area (Å²) in [6.45, 7) is 21.9. The molecule has 0 N–H and O–H groups in total. The van der Waals surface area contributed by atoms with E-state index in [0.29, 0.717) is 11.1 Å². The summed E-state index contributed by atoms with van der Waals surface area (Å²) in [5.41, 5.74) is 0.683. The standard InChI is InChI=1S/C14H16BFO2.C9H19BO3.C8H5F.C8H4F.C4H8O.2CH4.Li/c1-13(2)14(3,4)18-15(17-13)10-9-11-5-7-12(16)8-6-11;1-7(2)11-10-12-8(3,4)9(5,6)13-10;2*1-2-7-3-5-8(9)6-4-7;1-2-4-5-3-1;;;/h5-8H,1-4H3;7H,1-6H3;1,3-6H;3-6H;1-4H2;2*1H4;/q;;;-1;;;;+1. The van der Waals surface area contributed by atoms with E-state index in [2.05, 4.69) is 23.6 Å². The van der Waals surface area contributed by atoms with Crippen molar-refractivity contribution in [3.8, 4) is 30.0 Å². The van der Waals surface area contributed by atoms with Crippen molar-refractivity contribution in [3.63, 3.8) is 0 Å². The quantitative estimate of drug-likeness (QED) is 0.153. The van der Waals surface area contributed by atoms with E-state index in [1.54, 1.807) is 24.3 Å². The summed E-state index contributed by atoms with van der Waals surface area (Å²) in [6, 6.07) is 17.5. The monoisotopic (exact) mass is 782 g/mol. The van der Waals surface area contributed by atoms with Crippen LogP contribution in [0.15, 0.2) is 72.8 Å². The van der Waals surface area contributed by atoms with Gasteiger partial charge in [0.15, 0.2) is 0 Å². The summed E-state index contributed by atoms with van der Waals surface area (Å²) in [7, 11) is -1.06. The van der Waals surface area contributed by atoms with Crippen molar-refractivity contribution in [1.29, 1.82) is 0 Å². The van der Waals surface area contributed by atoms with Gasteiger partial charge in [-0.1, -0.05) is 32.5 Å².